The number of likely N-dealkylation sites (tertiary alicyclic amines) is 1. The Labute approximate surface area is 106 Å². The highest BCUT2D eigenvalue weighted by molar-refractivity contribution is 5.81. The first-order valence-corrected chi connectivity index (χ1v) is 6.27. The summed E-state index contributed by atoms with van der Waals surface area (Å²) in [6.07, 6.45) is 2.61. The second-order valence-corrected chi connectivity index (χ2v) is 5.08. The Morgan fingerprint density at radius 3 is 2.50 bits per heavy atom. The van der Waals surface area contributed by atoms with Gasteiger partial charge in [0.05, 0.1) is 17.7 Å². The minimum atomic E-state index is -0.133. The van der Waals surface area contributed by atoms with Crippen molar-refractivity contribution >= 4 is 5.91 Å². The van der Waals surface area contributed by atoms with Crippen LogP contribution in [0.25, 0.3) is 0 Å². The molecule has 2 N–H and O–H groups in total. The van der Waals surface area contributed by atoms with Crippen molar-refractivity contribution in [2.75, 3.05) is 0 Å². The number of nitrogens with two attached hydrogens (primary N) is 1. The molecule has 0 bridgehead atoms. The summed E-state index contributed by atoms with van der Waals surface area (Å²) in [5.41, 5.74) is 7.78. The fourth-order valence-electron chi connectivity index (χ4n) is 2.73. The molecule has 3 rings (SSSR count). The summed E-state index contributed by atoms with van der Waals surface area (Å²) in [5, 5.41) is 8.80. The Kier molecular flexibility index (Phi) is 2.57. The van der Waals surface area contributed by atoms with Gasteiger partial charge in [0.2, 0.25) is 5.91 Å². The van der Waals surface area contributed by atoms with Gasteiger partial charge in [0.1, 0.15) is 0 Å². The molecule has 0 radical (unpaired) electrons. The third kappa shape index (κ3) is 1.77. The molecular weight excluding hydrogens is 226 g/mol. The molecule has 2 aliphatic rings. The molecule has 0 spiro atoms. The van der Waals surface area contributed by atoms with Crippen molar-refractivity contribution in [2.45, 2.75) is 37.4 Å². The first-order valence-electron chi connectivity index (χ1n) is 6.27. The van der Waals surface area contributed by atoms with E-state index in [9.17, 15) is 4.79 Å². The summed E-state index contributed by atoms with van der Waals surface area (Å²) in [6.45, 7) is 0. The zero-order chi connectivity index (χ0) is 12.7. The Morgan fingerprint density at radius 2 is 1.94 bits per heavy atom. The van der Waals surface area contributed by atoms with E-state index in [0.717, 1.165) is 18.4 Å². The summed E-state index contributed by atoms with van der Waals surface area (Å²) in [7, 11) is 0. The van der Waals surface area contributed by atoms with Gasteiger partial charge in [0.15, 0.2) is 0 Å². The van der Waals surface area contributed by atoms with Crippen LogP contribution in [-0.2, 0) is 4.79 Å². The van der Waals surface area contributed by atoms with Gasteiger partial charge < -0.3 is 10.6 Å². The normalized spacial score (nSPS) is 27.3. The molecule has 1 aromatic carbocycles. The van der Waals surface area contributed by atoms with E-state index in [1.165, 1.54) is 0 Å². The van der Waals surface area contributed by atoms with Gasteiger partial charge in [0, 0.05) is 18.5 Å². The van der Waals surface area contributed by atoms with E-state index in [2.05, 4.69) is 6.07 Å². The Morgan fingerprint density at radius 1 is 1.28 bits per heavy atom. The molecule has 1 heterocycles. The zero-order valence-corrected chi connectivity index (χ0v) is 10.0. The number of nitrogens with zero attached hydrogens (tertiary/aromatic N) is 2. The van der Waals surface area contributed by atoms with Gasteiger partial charge in [-0.15, -0.1) is 0 Å². The van der Waals surface area contributed by atoms with Crippen molar-refractivity contribution in [2.24, 2.45) is 5.73 Å². The van der Waals surface area contributed by atoms with Crippen molar-refractivity contribution in [3.8, 4) is 6.07 Å². The maximum Gasteiger partial charge on any atom is 0.225 e. The number of benzene rings is 1. The third-order valence-electron chi connectivity index (χ3n) is 3.73. The van der Waals surface area contributed by atoms with Gasteiger partial charge in [-0.2, -0.15) is 5.26 Å². The van der Waals surface area contributed by atoms with E-state index < -0.39 is 0 Å². The number of amides is 1. The van der Waals surface area contributed by atoms with Crippen LogP contribution in [0.15, 0.2) is 24.3 Å². The predicted octanol–water partition coefficient (Wildman–Crippen LogP) is 1.32. The Bertz CT molecular complexity index is 513. The molecule has 2 fully saturated rings. The van der Waals surface area contributed by atoms with Crippen LogP contribution in [0.1, 0.15) is 36.4 Å². The fourth-order valence-corrected chi connectivity index (χ4v) is 2.73. The molecule has 2 unspecified atom stereocenters. The summed E-state index contributed by atoms with van der Waals surface area (Å²) in [4.78, 5) is 13.9. The number of nitriles is 1. The molecule has 1 saturated heterocycles. The van der Waals surface area contributed by atoms with Crippen molar-refractivity contribution in [3.63, 3.8) is 0 Å². The van der Waals surface area contributed by atoms with Crippen LogP contribution >= 0.6 is 0 Å². The first-order chi connectivity index (χ1) is 8.70. The van der Waals surface area contributed by atoms with Crippen LogP contribution in [-0.4, -0.2) is 22.9 Å². The maximum atomic E-state index is 12.0. The largest absolute Gasteiger partial charge is 0.331 e. The van der Waals surface area contributed by atoms with Crippen LogP contribution in [0.5, 0.6) is 0 Å². The fraction of sp³-hybridized carbons (Fsp3) is 0.429. The Hall–Kier alpha value is -1.86. The smallest absolute Gasteiger partial charge is 0.225 e. The molecule has 1 aromatic rings. The zero-order valence-electron chi connectivity index (χ0n) is 10.0. The summed E-state index contributed by atoms with van der Waals surface area (Å²) in [6, 6.07) is 9.73. The molecule has 2 atom stereocenters. The van der Waals surface area contributed by atoms with Gasteiger partial charge in [-0.3, -0.25) is 4.79 Å². The number of carbonyl (C=O) groups is 1. The van der Waals surface area contributed by atoms with Crippen LogP contribution < -0.4 is 5.73 Å². The predicted molar refractivity (Wildman–Crippen MR) is 66.4 cm³/mol. The molecule has 1 aliphatic carbocycles. The van der Waals surface area contributed by atoms with Crippen molar-refractivity contribution < 1.29 is 4.79 Å². The second-order valence-electron chi connectivity index (χ2n) is 5.08. The highest BCUT2D eigenvalue weighted by atomic mass is 16.2. The monoisotopic (exact) mass is 241 g/mol. The minimum Gasteiger partial charge on any atom is -0.331 e. The van der Waals surface area contributed by atoms with E-state index in [0.29, 0.717) is 18.0 Å². The van der Waals surface area contributed by atoms with E-state index in [1.807, 2.05) is 17.0 Å². The van der Waals surface area contributed by atoms with Crippen LogP contribution in [0.4, 0.5) is 0 Å². The van der Waals surface area contributed by atoms with Crippen molar-refractivity contribution in [1.29, 1.82) is 5.26 Å². The molecule has 1 saturated carbocycles. The molecule has 92 valence electrons. The molecule has 0 aromatic heterocycles. The number of rotatable bonds is 2. The maximum absolute atomic E-state index is 12.0. The summed E-state index contributed by atoms with van der Waals surface area (Å²) < 4.78 is 0. The van der Waals surface area contributed by atoms with Gasteiger partial charge in [0.25, 0.3) is 0 Å². The minimum absolute atomic E-state index is 0.0160. The lowest BCUT2D eigenvalue weighted by molar-refractivity contribution is -0.129. The lowest BCUT2D eigenvalue weighted by Crippen LogP contribution is -2.34. The van der Waals surface area contributed by atoms with Gasteiger partial charge in [-0.05, 0) is 30.5 Å². The van der Waals surface area contributed by atoms with Crippen molar-refractivity contribution in [3.05, 3.63) is 35.4 Å². The third-order valence-corrected chi connectivity index (χ3v) is 3.73. The quantitative estimate of drug-likeness (QED) is 0.849. The van der Waals surface area contributed by atoms with E-state index in [-0.39, 0.29) is 18.0 Å². The number of carbonyl (C=O) groups excluding carboxylic acids is 1. The van der Waals surface area contributed by atoms with Crippen LogP contribution in [0.3, 0.4) is 0 Å². The van der Waals surface area contributed by atoms with Gasteiger partial charge >= 0.3 is 0 Å². The molecule has 4 heteroatoms. The lowest BCUT2D eigenvalue weighted by Gasteiger charge is -2.27. The molecule has 18 heavy (non-hydrogen) atoms. The van der Waals surface area contributed by atoms with Crippen molar-refractivity contribution in [1.82, 2.24) is 4.90 Å². The SMILES string of the molecule is N#Cc1ccc(C2C(N)CC(=O)N2C2CC2)cc1. The van der Waals surface area contributed by atoms with Gasteiger partial charge in [-0.1, -0.05) is 12.1 Å². The molecule has 1 amide bonds. The molecule has 4 nitrogen and oxygen atoms in total. The second kappa shape index (κ2) is 4.11. The van der Waals surface area contributed by atoms with Gasteiger partial charge in [-0.25, -0.2) is 0 Å². The topological polar surface area (TPSA) is 70.1 Å². The average molecular weight is 241 g/mol. The lowest BCUT2D eigenvalue weighted by atomic mass is 9.99. The van der Waals surface area contributed by atoms with E-state index >= 15 is 0 Å². The highest BCUT2D eigenvalue weighted by Crippen LogP contribution is 2.40. The standard InChI is InChI=1S/C14H15N3O/c15-8-9-1-3-10(4-2-9)14-12(16)7-13(18)17(14)11-5-6-11/h1-4,11-12,14H,5-7,16H2. The van der Waals surface area contributed by atoms with Crippen LogP contribution in [0.2, 0.25) is 0 Å². The summed E-state index contributed by atoms with van der Waals surface area (Å²) >= 11 is 0. The highest BCUT2D eigenvalue weighted by Gasteiger charge is 2.45. The molecular formula is C14H15N3O. The summed E-state index contributed by atoms with van der Waals surface area (Å²) in [5.74, 6) is 0.166. The average Bonchev–Trinajstić information content (AvgIpc) is 3.15. The molecule has 1 aliphatic heterocycles. The number of hydrogen-bond acceptors (Lipinski definition) is 3. The van der Waals surface area contributed by atoms with E-state index in [1.54, 1.807) is 12.1 Å². The number of hydrogen-bond donors (Lipinski definition) is 1. The van der Waals surface area contributed by atoms with E-state index in [4.69, 9.17) is 11.0 Å². The first kappa shape index (κ1) is 11.2. The Balaban J connectivity index is 1.92. The van der Waals surface area contributed by atoms with Crippen LogP contribution in [0, 0.1) is 11.3 Å².